The fraction of sp³-hybridized carbons (Fsp3) is 0.182. The Hall–Kier alpha value is -3.54. The molecule has 0 atom stereocenters. The van der Waals surface area contributed by atoms with Crippen LogP contribution in [0.2, 0.25) is 0 Å². The van der Waals surface area contributed by atoms with Gasteiger partial charge in [0.1, 0.15) is 0 Å². The molecule has 0 heterocycles. The number of hydrogen-bond acceptors (Lipinski definition) is 4. The lowest BCUT2D eigenvalue weighted by atomic mass is 10.1. The molecule has 0 aromatic heterocycles. The molecule has 6 nitrogen and oxygen atoms in total. The molecule has 0 fully saturated rings. The third-order valence-corrected chi connectivity index (χ3v) is 4.19. The van der Waals surface area contributed by atoms with Crippen molar-refractivity contribution in [2.75, 3.05) is 13.7 Å². The molecule has 0 unspecified atom stereocenters. The molecule has 6 heteroatoms. The summed E-state index contributed by atoms with van der Waals surface area (Å²) in [5, 5.41) is 1.99. The first-order valence-electron chi connectivity index (χ1n) is 9.02. The Bertz CT molecular complexity index is 1000. The Kier molecular flexibility index (Phi) is 6.11. The van der Waals surface area contributed by atoms with E-state index in [2.05, 4.69) is 10.9 Å². The molecule has 0 saturated heterocycles. The van der Waals surface area contributed by atoms with Crippen molar-refractivity contribution in [3.8, 4) is 11.5 Å². The first kappa shape index (κ1) is 19.2. The summed E-state index contributed by atoms with van der Waals surface area (Å²) < 4.78 is 10.9. The van der Waals surface area contributed by atoms with E-state index in [0.717, 1.165) is 17.2 Å². The zero-order valence-corrected chi connectivity index (χ0v) is 15.8. The van der Waals surface area contributed by atoms with Gasteiger partial charge in [0.15, 0.2) is 11.5 Å². The number of benzene rings is 3. The number of fused-ring (bicyclic) bond motifs is 1. The van der Waals surface area contributed by atoms with Gasteiger partial charge in [-0.3, -0.25) is 20.4 Å². The Morgan fingerprint density at radius 2 is 1.46 bits per heavy atom. The monoisotopic (exact) mass is 378 g/mol. The maximum absolute atomic E-state index is 12.4. The summed E-state index contributed by atoms with van der Waals surface area (Å²) in [4.78, 5) is 24.7. The number of carbonyl (C=O) groups excluding carboxylic acids is 2. The zero-order valence-electron chi connectivity index (χ0n) is 15.8. The van der Waals surface area contributed by atoms with Gasteiger partial charge in [0.2, 0.25) is 0 Å². The van der Waals surface area contributed by atoms with E-state index in [0.29, 0.717) is 29.2 Å². The van der Waals surface area contributed by atoms with Gasteiger partial charge in [-0.25, -0.2) is 0 Å². The summed E-state index contributed by atoms with van der Waals surface area (Å²) >= 11 is 0. The second-order valence-electron chi connectivity index (χ2n) is 6.18. The van der Waals surface area contributed by atoms with Crippen molar-refractivity contribution in [2.24, 2.45) is 0 Å². The van der Waals surface area contributed by atoms with Crippen LogP contribution >= 0.6 is 0 Å². The van der Waals surface area contributed by atoms with Gasteiger partial charge in [-0.1, -0.05) is 37.3 Å². The zero-order chi connectivity index (χ0) is 19.9. The lowest BCUT2D eigenvalue weighted by molar-refractivity contribution is 0.0846. The third kappa shape index (κ3) is 4.40. The highest BCUT2D eigenvalue weighted by molar-refractivity contribution is 6.01. The van der Waals surface area contributed by atoms with E-state index in [4.69, 9.17) is 9.47 Å². The first-order valence-corrected chi connectivity index (χ1v) is 9.02. The summed E-state index contributed by atoms with van der Waals surface area (Å²) in [6.45, 7) is 2.57. The minimum absolute atomic E-state index is 0.347. The molecule has 0 aliphatic carbocycles. The van der Waals surface area contributed by atoms with Crippen molar-refractivity contribution < 1.29 is 19.1 Å². The van der Waals surface area contributed by atoms with Crippen molar-refractivity contribution in [1.82, 2.24) is 10.9 Å². The molecule has 144 valence electrons. The molecule has 0 radical (unpaired) electrons. The Balaban J connectivity index is 1.66. The van der Waals surface area contributed by atoms with Crippen LogP contribution in [0.1, 0.15) is 34.1 Å². The molecular weight excluding hydrogens is 356 g/mol. The first-order chi connectivity index (χ1) is 13.6. The van der Waals surface area contributed by atoms with E-state index >= 15 is 0 Å². The molecular formula is C22H22N2O4. The number of methoxy groups -OCH3 is 1. The second-order valence-corrected chi connectivity index (χ2v) is 6.18. The minimum Gasteiger partial charge on any atom is -0.493 e. The third-order valence-electron chi connectivity index (χ3n) is 4.19. The van der Waals surface area contributed by atoms with E-state index < -0.39 is 11.8 Å². The summed E-state index contributed by atoms with van der Waals surface area (Å²) in [6.07, 6.45) is 0.867. The number of rotatable bonds is 6. The fourth-order valence-electron chi connectivity index (χ4n) is 2.73. The Labute approximate surface area is 163 Å². The van der Waals surface area contributed by atoms with E-state index in [9.17, 15) is 9.59 Å². The van der Waals surface area contributed by atoms with Gasteiger partial charge in [0.25, 0.3) is 11.8 Å². The van der Waals surface area contributed by atoms with Crippen LogP contribution in [0.3, 0.4) is 0 Å². The predicted molar refractivity (Wildman–Crippen MR) is 108 cm³/mol. The normalized spacial score (nSPS) is 10.4. The van der Waals surface area contributed by atoms with Crippen LogP contribution in [0.25, 0.3) is 10.8 Å². The summed E-state index contributed by atoms with van der Waals surface area (Å²) in [7, 11) is 1.51. The van der Waals surface area contributed by atoms with E-state index in [-0.39, 0.29) is 0 Å². The number of hydrogen-bond donors (Lipinski definition) is 2. The summed E-state index contributed by atoms with van der Waals surface area (Å²) in [5.74, 6) is 0.187. The van der Waals surface area contributed by atoms with Crippen LogP contribution in [0.15, 0.2) is 60.7 Å². The van der Waals surface area contributed by atoms with Crippen molar-refractivity contribution >= 4 is 22.6 Å². The van der Waals surface area contributed by atoms with Crippen LogP contribution < -0.4 is 20.3 Å². The van der Waals surface area contributed by atoms with Crippen molar-refractivity contribution in [3.05, 3.63) is 71.8 Å². The molecule has 3 aromatic carbocycles. The maximum Gasteiger partial charge on any atom is 0.269 e. The molecule has 0 aliphatic rings. The minimum atomic E-state index is -0.450. The van der Waals surface area contributed by atoms with Gasteiger partial charge >= 0.3 is 0 Å². The molecule has 0 spiro atoms. The van der Waals surface area contributed by atoms with Crippen molar-refractivity contribution in [2.45, 2.75) is 13.3 Å². The Morgan fingerprint density at radius 3 is 2.14 bits per heavy atom. The molecule has 3 rings (SSSR count). The van der Waals surface area contributed by atoms with E-state index in [1.807, 2.05) is 37.3 Å². The topological polar surface area (TPSA) is 76.7 Å². The molecule has 0 saturated carbocycles. The number of carbonyl (C=O) groups is 2. The number of hydrazine groups is 1. The van der Waals surface area contributed by atoms with Gasteiger partial charge in [0, 0.05) is 11.1 Å². The largest absolute Gasteiger partial charge is 0.493 e. The maximum atomic E-state index is 12.4. The van der Waals surface area contributed by atoms with Crippen LogP contribution in [0.5, 0.6) is 11.5 Å². The number of nitrogens with one attached hydrogen (secondary N) is 2. The second kappa shape index (κ2) is 8.90. The van der Waals surface area contributed by atoms with Crippen molar-refractivity contribution in [3.63, 3.8) is 0 Å². The smallest absolute Gasteiger partial charge is 0.269 e. The standard InChI is InChI=1S/C22H22N2O4/c1-3-12-28-19-11-10-18(14-20(19)27-2)22(26)24-23-21(25)17-9-8-15-6-4-5-7-16(15)13-17/h4-11,13-14H,3,12H2,1-2H3,(H,23,25)(H,24,26). The van der Waals surface area contributed by atoms with E-state index in [1.165, 1.54) is 7.11 Å². The molecule has 2 N–H and O–H groups in total. The highest BCUT2D eigenvalue weighted by atomic mass is 16.5. The average Bonchev–Trinajstić information content (AvgIpc) is 2.75. The fourth-order valence-corrected chi connectivity index (χ4v) is 2.73. The average molecular weight is 378 g/mol. The summed E-state index contributed by atoms with van der Waals surface area (Å²) in [6, 6.07) is 18.0. The van der Waals surface area contributed by atoms with Gasteiger partial charge in [-0.05, 0) is 47.5 Å². The number of ether oxygens (including phenoxy) is 2. The van der Waals surface area contributed by atoms with Gasteiger partial charge in [0.05, 0.1) is 13.7 Å². The quantitative estimate of drug-likeness (QED) is 0.641. The van der Waals surface area contributed by atoms with E-state index in [1.54, 1.807) is 30.3 Å². The lowest BCUT2D eigenvalue weighted by Gasteiger charge is -2.12. The number of amides is 2. The lowest BCUT2D eigenvalue weighted by Crippen LogP contribution is -2.41. The van der Waals surface area contributed by atoms with Gasteiger partial charge < -0.3 is 9.47 Å². The Morgan fingerprint density at radius 1 is 0.821 bits per heavy atom. The molecule has 0 bridgehead atoms. The highest BCUT2D eigenvalue weighted by Gasteiger charge is 2.13. The van der Waals surface area contributed by atoms with Crippen molar-refractivity contribution in [1.29, 1.82) is 0 Å². The SMILES string of the molecule is CCCOc1ccc(C(=O)NNC(=O)c2ccc3ccccc3c2)cc1OC. The van der Waals surface area contributed by atoms with Gasteiger partial charge in [-0.2, -0.15) is 0 Å². The highest BCUT2D eigenvalue weighted by Crippen LogP contribution is 2.28. The molecule has 28 heavy (non-hydrogen) atoms. The molecule has 0 aliphatic heterocycles. The predicted octanol–water partition coefficient (Wildman–Crippen LogP) is 3.71. The molecule has 2 amide bonds. The molecule has 3 aromatic rings. The summed E-state index contributed by atoms with van der Waals surface area (Å²) in [5.41, 5.74) is 5.67. The van der Waals surface area contributed by atoms with Crippen LogP contribution in [-0.4, -0.2) is 25.5 Å². The van der Waals surface area contributed by atoms with Crippen LogP contribution in [0, 0.1) is 0 Å². The van der Waals surface area contributed by atoms with Crippen LogP contribution in [-0.2, 0) is 0 Å². The van der Waals surface area contributed by atoms with Gasteiger partial charge in [-0.15, -0.1) is 0 Å². The van der Waals surface area contributed by atoms with Crippen LogP contribution in [0.4, 0.5) is 0 Å².